The van der Waals surface area contributed by atoms with Crippen LogP contribution < -0.4 is 0 Å². The van der Waals surface area contributed by atoms with Crippen LogP contribution in [0.4, 0.5) is 0 Å². The number of hydrogen-bond acceptors (Lipinski definition) is 6. The first kappa shape index (κ1) is 47.4. The number of esters is 3. The summed E-state index contributed by atoms with van der Waals surface area (Å²) in [4.78, 5) is 37.5. The Morgan fingerprint density at radius 3 is 1.00 bits per heavy atom. The molecule has 0 aromatic heterocycles. The van der Waals surface area contributed by atoms with Gasteiger partial charge in [-0.2, -0.15) is 0 Å². The quantitative estimate of drug-likeness (QED) is 0.0364. The standard InChI is InChI=1S/C43H82O6/c1-5-7-9-11-13-14-15-16-19-23-26-30-34-41(44)47-37-40(49-43(46)36-32-28-21-12-10-8-6-2)38-48-42(45)35-31-27-24-20-17-18-22-25-29-33-39(3)4/h39-40H,5-38H2,1-4H3/t40-/m0/s1. The summed E-state index contributed by atoms with van der Waals surface area (Å²) in [6.07, 6.45) is 35.2. The number of unbranched alkanes of at least 4 members (excludes halogenated alkanes) is 25. The van der Waals surface area contributed by atoms with E-state index in [0.717, 1.165) is 63.7 Å². The predicted octanol–water partition coefficient (Wildman–Crippen LogP) is 13.2. The largest absolute Gasteiger partial charge is 0.462 e. The van der Waals surface area contributed by atoms with Crippen LogP contribution in [0.25, 0.3) is 0 Å². The minimum atomic E-state index is -0.757. The van der Waals surface area contributed by atoms with E-state index in [4.69, 9.17) is 14.2 Å². The third kappa shape index (κ3) is 37.5. The molecule has 6 heteroatoms. The van der Waals surface area contributed by atoms with E-state index in [1.807, 2.05) is 0 Å². The van der Waals surface area contributed by atoms with E-state index < -0.39 is 6.10 Å². The monoisotopic (exact) mass is 695 g/mol. The highest BCUT2D eigenvalue weighted by Gasteiger charge is 2.19. The topological polar surface area (TPSA) is 78.9 Å². The Hall–Kier alpha value is -1.59. The molecule has 0 amide bonds. The van der Waals surface area contributed by atoms with Gasteiger partial charge < -0.3 is 14.2 Å². The van der Waals surface area contributed by atoms with Gasteiger partial charge in [-0.05, 0) is 25.2 Å². The lowest BCUT2D eigenvalue weighted by atomic mass is 10.0. The summed E-state index contributed by atoms with van der Waals surface area (Å²) in [5.41, 5.74) is 0. The summed E-state index contributed by atoms with van der Waals surface area (Å²) in [5, 5.41) is 0. The van der Waals surface area contributed by atoms with Crippen LogP contribution in [0.2, 0.25) is 0 Å². The van der Waals surface area contributed by atoms with Gasteiger partial charge in [-0.25, -0.2) is 0 Å². The molecule has 49 heavy (non-hydrogen) atoms. The van der Waals surface area contributed by atoms with Gasteiger partial charge in [-0.1, -0.05) is 195 Å². The molecule has 0 aliphatic heterocycles. The Labute approximate surface area is 304 Å². The van der Waals surface area contributed by atoms with Gasteiger partial charge in [0.2, 0.25) is 0 Å². The molecule has 0 fully saturated rings. The molecule has 0 radical (unpaired) electrons. The Kier molecular flexibility index (Phi) is 36.4. The number of ether oxygens (including phenoxy) is 3. The van der Waals surface area contributed by atoms with Gasteiger partial charge >= 0.3 is 17.9 Å². The van der Waals surface area contributed by atoms with Crippen LogP contribution >= 0.6 is 0 Å². The molecule has 0 unspecified atom stereocenters. The van der Waals surface area contributed by atoms with Crippen molar-refractivity contribution in [1.82, 2.24) is 0 Å². The summed E-state index contributed by atoms with van der Waals surface area (Å²) in [6.45, 7) is 8.92. The second-order valence-electron chi connectivity index (χ2n) is 15.1. The average Bonchev–Trinajstić information content (AvgIpc) is 3.08. The molecule has 0 aliphatic carbocycles. The normalized spacial score (nSPS) is 11.9. The second kappa shape index (κ2) is 37.7. The molecule has 0 rings (SSSR count). The van der Waals surface area contributed by atoms with E-state index in [-0.39, 0.29) is 31.1 Å². The lowest BCUT2D eigenvalue weighted by Gasteiger charge is -2.18. The highest BCUT2D eigenvalue weighted by molar-refractivity contribution is 5.71. The Morgan fingerprint density at radius 2 is 0.673 bits per heavy atom. The van der Waals surface area contributed by atoms with Crippen molar-refractivity contribution >= 4 is 17.9 Å². The molecule has 0 heterocycles. The van der Waals surface area contributed by atoms with Crippen LogP contribution in [0.1, 0.15) is 233 Å². The van der Waals surface area contributed by atoms with Gasteiger partial charge in [0.1, 0.15) is 13.2 Å². The summed E-state index contributed by atoms with van der Waals surface area (Å²) >= 11 is 0. The molecule has 0 saturated heterocycles. The minimum Gasteiger partial charge on any atom is -0.462 e. The average molecular weight is 695 g/mol. The zero-order chi connectivity index (χ0) is 36.0. The first-order chi connectivity index (χ1) is 23.9. The molecular formula is C43H82O6. The number of rotatable bonds is 38. The summed E-state index contributed by atoms with van der Waals surface area (Å²) in [5.74, 6) is -0.0571. The maximum Gasteiger partial charge on any atom is 0.306 e. The highest BCUT2D eigenvalue weighted by Crippen LogP contribution is 2.15. The molecule has 0 aromatic carbocycles. The van der Waals surface area contributed by atoms with Crippen LogP contribution in [-0.4, -0.2) is 37.2 Å². The van der Waals surface area contributed by atoms with Gasteiger partial charge in [0.25, 0.3) is 0 Å². The zero-order valence-corrected chi connectivity index (χ0v) is 33.1. The molecule has 0 aliphatic rings. The third-order valence-corrected chi connectivity index (χ3v) is 9.54. The molecule has 0 N–H and O–H groups in total. The molecule has 0 bridgehead atoms. The third-order valence-electron chi connectivity index (χ3n) is 9.54. The summed E-state index contributed by atoms with van der Waals surface area (Å²) < 4.78 is 16.6. The van der Waals surface area contributed by atoms with Gasteiger partial charge in [0.05, 0.1) is 0 Å². The molecule has 6 nitrogen and oxygen atoms in total. The Morgan fingerprint density at radius 1 is 0.388 bits per heavy atom. The van der Waals surface area contributed by atoms with E-state index in [1.165, 1.54) is 128 Å². The van der Waals surface area contributed by atoms with Crippen molar-refractivity contribution in [2.75, 3.05) is 13.2 Å². The minimum absolute atomic E-state index is 0.0649. The highest BCUT2D eigenvalue weighted by atomic mass is 16.6. The summed E-state index contributed by atoms with van der Waals surface area (Å²) in [6, 6.07) is 0. The smallest absolute Gasteiger partial charge is 0.306 e. The fourth-order valence-electron chi connectivity index (χ4n) is 6.27. The van der Waals surface area contributed by atoms with Gasteiger partial charge in [0.15, 0.2) is 6.10 Å². The van der Waals surface area contributed by atoms with E-state index in [2.05, 4.69) is 27.7 Å². The van der Waals surface area contributed by atoms with Crippen molar-refractivity contribution < 1.29 is 28.6 Å². The lowest BCUT2D eigenvalue weighted by molar-refractivity contribution is -0.167. The van der Waals surface area contributed by atoms with Crippen LogP contribution in [0.5, 0.6) is 0 Å². The van der Waals surface area contributed by atoms with E-state index in [9.17, 15) is 14.4 Å². The van der Waals surface area contributed by atoms with Crippen molar-refractivity contribution in [3.63, 3.8) is 0 Å². The zero-order valence-electron chi connectivity index (χ0n) is 33.1. The maximum atomic E-state index is 12.6. The first-order valence-electron chi connectivity index (χ1n) is 21.4. The number of carbonyl (C=O) groups is 3. The van der Waals surface area contributed by atoms with Crippen molar-refractivity contribution in [2.45, 2.75) is 239 Å². The second-order valence-corrected chi connectivity index (χ2v) is 15.1. The van der Waals surface area contributed by atoms with E-state index >= 15 is 0 Å². The fraction of sp³-hybridized carbons (Fsp3) is 0.930. The fourth-order valence-corrected chi connectivity index (χ4v) is 6.27. The molecule has 0 aromatic rings. The van der Waals surface area contributed by atoms with Crippen LogP contribution in [0.3, 0.4) is 0 Å². The number of hydrogen-bond donors (Lipinski definition) is 0. The molecular weight excluding hydrogens is 612 g/mol. The van der Waals surface area contributed by atoms with Gasteiger partial charge in [0, 0.05) is 19.3 Å². The molecule has 0 spiro atoms. The van der Waals surface area contributed by atoms with Crippen LogP contribution in [0.15, 0.2) is 0 Å². The van der Waals surface area contributed by atoms with Crippen molar-refractivity contribution in [1.29, 1.82) is 0 Å². The van der Waals surface area contributed by atoms with E-state index in [0.29, 0.717) is 19.3 Å². The Balaban J connectivity index is 4.27. The van der Waals surface area contributed by atoms with E-state index in [1.54, 1.807) is 0 Å². The molecule has 0 saturated carbocycles. The van der Waals surface area contributed by atoms with Crippen LogP contribution in [-0.2, 0) is 28.6 Å². The number of carbonyl (C=O) groups excluding carboxylic acids is 3. The van der Waals surface area contributed by atoms with Crippen molar-refractivity contribution in [3.05, 3.63) is 0 Å². The maximum absolute atomic E-state index is 12.6. The molecule has 290 valence electrons. The van der Waals surface area contributed by atoms with Crippen LogP contribution in [0, 0.1) is 5.92 Å². The van der Waals surface area contributed by atoms with Crippen molar-refractivity contribution in [3.8, 4) is 0 Å². The summed E-state index contributed by atoms with van der Waals surface area (Å²) in [7, 11) is 0. The van der Waals surface area contributed by atoms with Gasteiger partial charge in [-0.3, -0.25) is 14.4 Å². The Bertz CT molecular complexity index is 736. The predicted molar refractivity (Wildman–Crippen MR) is 206 cm³/mol. The molecule has 1 atom stereocenters. The van der Waals surface area contributed by atoms with Gasteiger partial charge in [-0.15, -0.1) is 0 Å². The SMILES string of the molecule is CCCCCCCCCCCCCCC(=O)OC[C@@H](COC(=O)CCCCCCCCCCCC(C)C)OC(=O)CCCCCCCCC. The van der Waals surface area contributed by atoms with Crippen molar-refractivity contribution in [2.24, 2.45) is 5.92 Å². The lowest BCUT2D eigenvalue weighted by Crippen LogP contribution is -2.30. The first-order valence-corrected chi connectivity index (χ1v) is 21.4.